The number of nitrogens with one attached hydrogen (secondary N) is 4. The molecule has 0 unspecified atom stereocenters. The highest BCUT2D eigenvalue weighted by molar-refractivity contribution is 8.00. The smallest absolute Gasteiger partial charge is 0.315 e. The van der Waals surface area contributed by atoms with Gasteiger partial charge in [-0.25, -0.2) is 4.79 Å². The molecule has 2 fully saturated rings. The molecular weight excluding hydrogens is 716 g/mol. The van der Waals surface area contributed by atoms with Gasteiger partial charge in [-0.05, 0) is 19.8 Å². The highest BCUT2D eigenvalue weighted by Crippen LogP contribution is 2.33. The van der Waals surface area contributed by atoms with Crippen LogP contribution in [-0.4, -0.2) is 186 Å². The zero-order valence-corrected chi connectivity index (χ0v) is 32.6. The number of carbonyl (C=O) groups excluding carboxylic acids is 3. The summed E-state index contributed by atoms with van der Waals surface area (Å²) in [6.45, 7) is 12.5. The van der Waals surface area contributed by atoms with Crippen molar-refractivity contribution in [1.29, 1.82) is 0 Å². The minimum absolute atomic E-state index is 0.00522. The number of hydrogen-bond acceptors (Lipinski definition) is 14. The summed E-state index contributed by atoms with van der Waals surface area (Å²) < 4.78 is 54.6. The molecular formula is C35H66N4O13S. The molecule has 2 aliphatic heterocycles. The molecule has 2 heterocycles. The number of ether oxygens (including phenoxy) is 10. The fourth-order valence-corrected chi connectivity index (χ4v) is 6.70. The van der Waals surface area contributed by atoms with Crippen molar-refractivity contribution < 1.29 is 61.8 Å². The van der Waals surface area contributed by atoms with E-state index in [-0.39, 0.29) is 29.9 Å². The van der Waals surface area contributed by atoms with Gasteiger partial charge < -0.3 is 68.6 Å². The zero-order valence-electron chi connectivity index (χ0n) is 31.7. The van der Waals surface area contributed by atoms with Crippen LogP contribution in [0.5, 0.6) is 0 Å². The maximum atomic E-state index is 12.0. The van der Waals surface area contributed by atoms with Gasteiger partial charge in [-0.15, -0.1) is 0 Å². The van der Waals surface area contributed by atoms with Gasteiger partial charge >= 0.3 is 6.03 Å². The van der Waals surface area contributed by atoms with Crippen LogP contribution in [0.3, 0.4) is 0 Å². The Kier molecular flexibility index (Phi) is 30.9. The fraction of sp³-hybridized carbons (Fsp3) is 0.914. The Hall–Kier alpha value is -1.84. The summed E-state index contributed by atoms with van der Waals surface area (Å²) in [7, 11) is 0. The van der Waals surface area contributed by atoms with Gasteiger partial charge in [0.15, 0.2) is 0 Å². The molecule has 0 aromatic rings. The van der Waals surface area contributed by atoms with Crippen molar-refractivity contribution in [3.8, 4) is 0 Å². The minimum Gasteiger partial charge on any atom is -0.379 e. The van der Waals surface area contributed by atoms with E-state index in [0.717, 1.165) is 25.0 Å². The lowest BCUT2D eigenvalue weighted by atomic mass is 10.0. The number of unbranched alkanes of at least 4 members (excludes halogenated alkanes) is 1. The Labute approximate surface area is 319 Å². The third-order valence-electron chi connectivity index (χ3n) is 7.84. The molecule has 0 radical (unpaired) electrons. The average Bonchev–Trinajstić information content (AvgIpc) is 3.71. The number of carbonyl (C=O) groups is 3. The van der Waals surface area contributed by atoms with Crippen molar-refractivity contribution in [2.45, 2.75) is 56.4 Å². The summed E-state index contributed by atoms with van der Waals surface area (Å²) in [5.74, 6) is 0.994. The molecule has 0 spiro atoms. The standard InChI is InChI=1S/C35H66N4O13S/c1-2-36-33(41)7-9-43-11-13-45-15-17-47-19-21-49-23-25-51-27-28-52-26-24-50-22-20-48-18-16-46-14-12-44-10-8-37-32(40)6-4-3-5-31-34-30(29-53-31)38-35(42)39-34/h30-31,34H,2-29H2,1H3,(H,36,41)(H,37,40)(H2,38,39,42)/t30-,31-,34-/m0/s1. The predicted molar refractivity (Wildman–Crippen MR) is 198 cm³/mol. The second kappa shape index (κ2) is 34.6. The van der Waals surface area contributed by atoms with Crippen molar-refractivity contribution in [3.05, 3.63) is 0 Å². The molecule has 3 atom stereocenters. The van der Waals surface area contributed by atoms with E-state index >= 15 is 0 Å². The third kappa shape index (κ3) is 27.4. The molecule has 0 aromatic heterocycles. The van der Waals surface area contributed by atoms with E-state index in [1.54, 1.807) is 0 Å². The van der Waals surface area contributed by atoms with Crippen LogP contribution >= 0.6 is 11.8 Å². The zero-order chi connectivity index (χ0) is 37.9. The van der Waals surface area contributed by atoms with E-state index < -0.39 is 0 Å². The van der Waals surface area contributed by atoms with Crippen molar-refractivity contribution in [2.75, 3.05) is 151 Å². The summed E-state index contributed by atoms with van der Waals surface area (Å²) in [4.78, 5) is 34.8. The molecule has 2 rings (SSSR count). The first-order valence-corrected chi connectivity index (χ1v) is 20.1. The van der Waals surface area contributed by atoms with Crippen LogP contribution < -0.4 is 21.3 Å². The molecule has 4 amide bonds. The number of urea groups is 1. The van der Waals surface area contributed by atoms with Gasteiger partial charge in [-0.1, -0.05) is 6.42 Å². The van der Waals surface area contributed by atoms with Crippen molar-refractivity contribution in [2.24, 2.45) is 0 Å². The lowest BCUT2D eigenvalue weighted by Gasteiger charge is -2.16. The highest BCUT2D eigenvalue weighted by Gasteiger charge is 2.42. The van der Waals surface area contributed by atoms with Gasteiger partial charge in [-0.2, -0.15) is 11.8 Å². The van der Waals surface area contributed by atoms with E-state index in [9.17, 15) is 14.4 Å². The molecule has 0 saturated carbocycles. The minimum atomic E-state index is -0.0620. The second-order valence-electron chi connectivity index (χ2n) is 12.0. The van der Waals surface area contributed by atoms with E-state index in [1.807, 2.05) is 18.7 Å². The van der Waals surface area contributed by atoms with E-state index in [4.69, 9.17) is 47.4 Å². The first-order valence-electron chi connectivity index (χ1n) is 19.1. The van der Waals surface area contributed by atoms with Crippen LogP contribution in [0.25, 0.3) is 0 Å². The fourth-order valence-electron chi connectivity index (χ4n) is 5.16. The largest absolute Gasteiger partial charge is 0.379 e. The van der Waals surface area contributed by atoms with E-state index in [1.165, 1.54) is 0 Å². The number of fused-ring (bicyclic) bond motifs is 1. The van der Waals surface area contributed by atoms with Crippen molar-refractivity contribution in [3.63, 3.8) is 0 Å². The normalized spacial score (nSPS) is 17.8. The Morgan fingerprint density at radius 1 is 0.566 bits per heavy atom. The Bertz CT molecular complexity index is 914. The second-order valence-corrected chi connectivity index (χ2v) is 13.3. The quantitative estimate of drug-likeness (QED) is 0.0499. The summed E-state index contributed by atoms with van der Waals surface area (Å²) >= 11 is 1.90. The topological polar surface area (TPSA) is 192 Å². The SMILES string of the molecule is CCNC(=O)CCOCCOCCOCCOCCOCCOCCOCCOCCOCCOCCNC(=O)CCCC[C@@H]1SC[C@@H]2NC(=O)N[C@@H]21. The molecule has 2 saturated heterocycles. The van der Waals surface area contributed by atoms with Crippen LogP contribution in [0, 0.1) is 0 Å². The molecule has 310 valence electrons. The number of rotatable bonds is 39. The van der Waals surface area contributed by atoms with Crippen LogP contribution in [0.15, 0.2) is 0 Å². The van der Waals surface area contributed by atoms with Crippen molar-refractivity contribution in [1.82, 2.24) is 21.3 Å². The number of thioether (sulfide) groups is 1. The molecule has 53 heavy (non-hydrogen) atoms. The average molecular weight is 783 g/mol. The Morgan fingerprint density at radius 3 is 1.43 bits per heavy atom. The van der Waals surface area contributed by atoms with E-state index in [0.29, 0.717) is 163 Å². The molecule has 0 aliphatic carbocycles. The Morgan fingerprint density at radius 2 is 0.981 bits per heavy atom. The van der Waals surface area contributed by atoms with Gasteiger partial charge in [0, 0.05) is 36.9 Å². The third-order valence-corrected chi connectivity index (χ3v) is 9.35. The first-order chi connectivity index (χ1) is 26.1. The summed E-state index contributed by atoms with van der Waals surface area (Å²) in [6, 6.07) is 0.403. The maximum absolute atomic E-state index is 12.0. The highest BCUT2D eigenvalue weighted by atomic mass is 32.2. The van der Waals surface area contributed by atoms with Crippen LogP contribution in [0.4, 0.5) is 4.79 Å². The molecule has 2 aliphatic rings. The van der Waals surface area contributed by atoms with Crippen LogP contribution in [-0.2, 0) is 57.0 Å². The Balaban J connectivity index is 1.15. The predicted octanol–water partition coefficient (Wildman–Crippen LogP) is 0.521. The van der Waals surface area contributed by atoms with Gasteiger partial charge in [-0.3, -0.25) is 9.59 Å². The molecule has 0 aromatic carbocycles. The van der Waals surface area contributed by atoms with E-state index in [2.05, 4.69) is 21.3 Å². The lowest BCUT2D eigenvalue weighted by Crippen LogP contribution is -2.36. The van der Waals surface area contributed by atoms with Gasteiger partial charge in [0.25, 0.3) is 0 Å². The van der Waals surface area contributed by atoms with Gasteiger partial charge in [0.05, 0.1) is 144 Å². The maximum Gasteiger partial charge on any atom is 0.315 e. The van der Waals surface area contributed by atoms with Crippen LogP contribution in [0.2, 0.25) is 0 Å². The summed E-state index contributed by atoms with van der Waals surface area (Å²) in [5.41, 5.74) is 0. The monoisotopic (exact) mass is 782 g/mol. The van der Waals surface area contributed by atoms with Gasteiger partial charge in [0.2, 0.25) is 11.8 Å². The van der Waals surface area contributed by atoms with Crippen molar-refractivity contribution >= 4 is 29.6 Å². The molecule has 18 heteroatoms. The molecule has 17 nitrogen and oxygen atoms in total. The molecule has 4 N–H and O–H groups in total. The summed E-state index contributed by atoms with van der Waals surface area (Å²) in [6.07, 6.45) is 3.69. The molecule has 0 bridgehead atoms. The first kappa shape index (κ1) is 47.3. The number of hydrogen-bond donors (Lipinski definition) is 4. The lowest BCUT2D eigenvalue weighted by molar-refractivity contribution is -0.122. The summed E-state index contributed by atoms with van der Waals surface area (Å²) in [5, 5.41) is 12.0. The number of amides is 4. The van der Waals surface area contributed by atoms with Crippen LogP contribution in [0.1, 0.15) is 39.0 Å². The van der Waals surface area contributed by atoms with Gasteiger partial charge in [0.1, 0.15) is 0 Å².